The second kappa shape index (κ2) is 5.84. The normalized spacial score (nSPS) is 27.0. The SMILES string of the molecule is CCSCC(N)C1CCCOC1. The molecule has 1 aliphatic rings. The third-order valence-electron chi connectivity index (χ3n) is 2.32. The van der Waals surface area contributed by atoms with Gasteiger partial charge >= 0.3 is 0 Å². The molecule has 1 fully saturated rings. The number of rotatable bonds is 4. The van der Waals surface area contributed by atoms with Crippen molar-refractivity contribution in [1.29, 1.82) is 0 Å². The molecule has 1 heterocycles. The second-order valence-electron chi connectivity index (χ2n) is 3.30. The molecule has 0 bridgehead atoms. The minimum absolute atomic E-state index is 0.343. The molecule has 0 amide bonds. The molecule has 2 atom stereocenters. The number of ether oxygens (including phenoxy) is 1. The largest absolute Gasteiger partial charge is 0.381 e. The van der Waals surface area contributed by atoms with Gasteiger partial charge in [0.1, 0.15) is 0 Å². The summed E-state index contributed by atoms with van der Waals surface area (Å²) >= 11 is 1.93. The van der Waals surface area contributed by atoms with E-state index >= 15 is 0 Å². The Morgan fingerprint density at radius 3 is 3.08 bits per heavy atom. The highest BCUT2D eigenvalue weighted by molar-refractivity contribution is 7.99. The summed E-state index contributed by atoms with van der Waals surface area (Å²) in [5, 5.41) is 0. The first kappa shape index (κ1) is 10.4. The molecule has 2 unspecified atom stereocenters. The van der Waals surface area contributed by atoms with Crippen molar-refractivity contribution < 1.29 is 4.74 Å². The lowest BCUT2D eigenvalue weighted by molar-refractivity contribution is 0.0478. The van der Waals surface area contributed by atoms with Crippen molar-refractivity contribution >= 4 is 11.8 Å². The van der Waals surface area contributed by atoms with Crippen LogP contribution in [-0.2, 0) is 4.74 Å². The molecule has 0 aromatic rings. The van der Waals surface area contributed by atoms with Crippen molar-refractivity contribution in [3.63, 3.8) is 0 Å². The molecule has 12 heavy (non-hydrogen) atoms. The van der Waals surface area contributed by atoms with Gasteiger partial charge in [-0.05, 0) is 24.5 Å². The van der Waals surface area contributed by atoms with E-state index in [1.54, 1.807) is 0 Å². The summed E-state index contributed by atoms with van der Waals surface area (Å²) < 4.78 is 5.39. The summed E-state index contributed by atoms with van der Waals surface area (Å²) in [6.07, 6.45) is 2.45. The van der Waals surface area contributed by atoms with E-state index in [0.717, 1.165) is 19.0 Å². The molecule has 0 aliphatic carbocycles. The van der Waals surface area contributed by atoms with Crippen molar-refractivity contribution in [2.75, 3.05) is 24.7 Å². The van der Waals surface area contributed by atoms with Crippen LogP contribution < -0.4 is 5.73 Å². The molecular formula is C9H19NOS. The molecule has 0 saturated carbocycles. The molecule has 2 nitrogen and oxygen atoms in total. The summed E-state index contributed by atoms with van der Waals surface area (Å²) in [5.41, 5.74) is 6.03. The molecular weight excluding hydrogens is 170 g/mol. The summed E-state index contributed by atoms with van der Waals surface area (Å²) in [7, 11) is 0. The molecule has 1 rings (SSSR count). The van der Waals surface area contributed by atoms with Crippen LogP contribution in [0.4, 0.5) is 0 Å². The molecule has 0 spiro atoms. The van der Waals surface area contributed by atoms with Gasteiger partial charge in [0.25, 0.3) is 0 Å². The first-order valence-corrected chi connectivity index (χ1v) is 5.91. The van der Waals surface area contributed by atoms with Gasteiger partial charge in [-0.2, -0.15) is 11.8 Å². The fourth-order valence-corrected chi connectivity index (χ4v) is 2.27. The number of thioether (sulfide) groups is 1. The lowest BCUT2D eigenvalue weighted by Crippen LogP contribution is -2.37. The van der Waals surface area contributed by atoms with Crippen molar-refractivity contribution in [3.8, 4) is 0 Å². The third kappa shape index (κ3) is 3.33. The average molecular weight is 189 g/mol. The number of hydrogen-bond donors (Lipinski definition) is 1. The minimum Gasteiger partial charge on any atom is -0.381 e. The minimum atomic E-state index is 0.343. The van der Waals surface area contributed by atoms with Crippen LogP contribution in [-0.4, -0.2) is 30.8 Å². The van der Waals surface area contributed by atoms with E-state index in [2.05, 4.69) is 6.92 Å². The number of nitrogens with two attached hydrogens (primary N) is 1. The average Bonchev–Trinajstić information content (AvgIpc) is 2.15. The second-order valence-corrected chi connectivity index (χ2v) is 4.62. The van der Waals surface area contributed by atoms with Gasteiger partial charge in [-0.3, -0.25) is 0 Å². The van der Waals surface area contributed by atoms with Crippen LogP contribution in [0.25, 0.3) is 0 Å². The molecule has 1 aliphatic heterocycles. The smallest absolute Gasteiger partial charge is 0.0509 e. The predicted octanol–water partition coefficient (Wildman–Crippen LogP) is 1.49. The van der Waals surface area contributed by atoms with Gasteiger partial charge in [0, 0.05) is 18.4 Å². The van der Waals surface area contributed by atoms with Gasteiger partial charge in [0.2, 0.25) is 0 Å². The van der Waals surface area contributed by atoms with Gasteiger partial charge in [0.05, 0.1) is 6.61 Å². The van der Waals surface area contributed by atoms with Crippen LogP contribution in [0, 0.1) is 5.92 Å². The molecule has 0 aromatic heterocycles. The van der Waals surface area contributed by atoms with Gasteiger partial charge in [0.15, 0.2) is 0 Å². The lowest BCUT2D eigenvalue weighted by atomic mass is 9.96. The van der Waals surface area contributed by atoms with E-state index in [1.165, 1.54) is 18.6 Å². The first-order valence-electron chi connectivity index (χ1n) is 4.75. The molecule has 72 valence electrons. The Bertz CT molecular complexity index is 115. The van der Waals surface area contributed by atoms with E-state index in [4.69, 9.17) is 10.5 Å². The Morgan fingerprint density at radius 1 is 1.67 bits per heavy atom. The Morgan fingerprint density at radius 2 is 2.50 bits per heavy atom. The summed E-state index contributed by atoms with van der Waals surface area (Å²) in [6.45, 7) is 3.99. The highest BCUT2D eigenvalue weighted by Gasteiger charge is 2.20. The van der Waals surface area contributed by atoms with E-state index in [0.29, 0.717) is 12.0 Å². The topological polar surface area (TPSA) is 35.2 Å². The van der Waals surface area contributed by atoms with Gasteiger partial charge < -0.3 is 10.5 Å². The van der Waals surface area contributed by atoms with Gasteiger partial charge in [-0.15, -0.1) is 0 Å². The zero-order valence-electron chi connectivity index (χ0n) is 7.79. The molecule has 2 N–H and O–H groups in total. The standard InChI is InChI=1S/C9H19NOS/c1-2-12-7-9(10)8-4-3-5-11-6-8/h8-9H,2-7,10H2,1H3. The van der Waals surface area contributed by atoms with Crippen LogP contribution in [0.1, 0.15) is 19.8 Å². The Kier molecular flexibility index (Phi) is 5.04. The third-order valence-corrected chi connectivity index (χ3v) is 3.34. The first-order chi connectivity index (χ1) is 5.84. The van der Waals surface area contributed by atoms with Crippen molar-refractivity contribution in [3.05, 3.63) is 0 Å². The Labute approximate surface area is 79.2 Å². The van der Waals surface area contributed by atoms with Gasteiger partial charge in [-0.25, -0.2) is 0 Å². The zero-order chi connectivity index (χ0) is 8.81. The van der Waals surface area contributed by atoms with Crippen LogP contribution in [0.3, 0.4) is 0 Å². The Hall–Kier alpha value is 0.270. The highest BCUT2D eigenvalue weighted by atomic mass is 32.2. The quantitative estimate of drug-likeness (QED) is 0.728. The summed E-state index contributed by atoms with van der Waals surface area (Å²) in [5.74, 6) is 2.86. The van der Waals surface area contributed by atoms with E-state index in [1.807, 2.05) is 11.8 Å². The van der Waals surface area contributed by atoms with Crippen molar-refractivity contribution in [2.45, 2.75) is 25.8 Å². The van der Waals surface area contributed by atoms with E-state index in [-0.39, 0.29) is 0 Å². The predicted molar refractivity (Wildman–Crippen MR) is 54.5 cm³/mol. The molecule has 0 aromatic carbocycles. The maximum atomic E-state index is 6.03. The molecule has 0 radical (unpaired) electrons. The summed E-state index contributed by atoms with van der Waals surface area (Å²) in [4.78, 5) is 0. The van der Waals surface area contributed by atoms with Crippen LogP contribution in [0.5, 0.6) is 0 Å². The molecule has 3 heteroatoms. The molecule has 1 saturated heterocycles. The maximum Gasteiger partial charge on any atom is 0.0509 e. The lowest BCUT2D eigenvalue weighted by Gasteiger charge is -2.27. The monoisotopic (exact) mass is 189 g/mol. The van der Waals surface area contributed by atoms with Gasteiger partial charge in [-0.1, -0.05) is 6.92 Å². The highest BCUT2D eigenvalue weighted by Crippen LogP contribution is 2.18. The Balaban J connectivity index is 2.15. The number of hydrogen-bond acceptors (Lipinski definition) is 3. The van der Waals surface area contributed by atoms with E-state index < -0.39 is 0 Å². The van der Waals surface area contributed by atoms with Crippen molar-refractivity contribution in [2.24, 2.45) is 11.7 Å². The van der Waals surface area contributed by atoms with Crippen molar-refractivity contribution in [1.82, 2.24) is 0 Å². The van der Waals surface area contributed by atoms with Crippen LogP contribution in [0.15, 0.2) is 0 Å². The fraction of sp³-hybridized carbons (Fsp3) is 1.00. The maximum absolute atomic E-state index is 6.03. The van der Waals surface area contributed by atoms with Crippen LogP contribution >= 0.6 is 11.8 Å². The van der Waals surface area contributed by atoms with Crippen LogP contribution in [0.2, 0.25) is 0 Å². The zero-order valence-corrected chi connectivity index (χ0v) is 8.61. The summed E-state index contributed by atoms with van der Waals surface area (Å²) in [6, 6.07) is 0.343. The van der Waals surface area contributed by atoms with E-state index in [9.17, 15) is 0 Å². The fourth-order valence-electron chi connectivity index (χ4n) is 1.49.